The lowest BCUT2D eigenvalue weighted by Gasteiger charge is -2.10. The van der Waals surface area contributed by atoms with Crippen LogP contribution in [0.4, 0.5) is 5.82 Å². The molecule has 0 unspecified atom stereocenters. The molecule has 4 aromatic rings. The van der Waals surface area contributed by atoms with Gasteiger partial charge in [-0.1, -0.05) is 84.6 Å². The topological polar surface area (TPSA) is 75.1 Å². The minimum atomic E-state index is -0.924. The standard InChI is InChI=1S/C25H21N3O2S/c29-24(30)21-13-11-19(12-14-21)17-31-25-27-22(20-9-5-2-6-10-20)15-23(28-25)26-16-18-7-3-1-4-8-18/h1-15H,16-17H2,(H,29,30)(H,26,27,28). The maximum atomic E-state index is 11.0. The third kappa shape index (κ3) is 5.71. The van der Waals surface area contributed by atoms with E-state index in [-0.39, 0.29) is 5.56 Å². The number of rotatable bonds is 8. The summed E-state index contributed by atoms with van der Waals surface area (Å²) in [7, 11) is 0. The molecule has 6 heteroatoms. The predicted molar refractivity (Wildman–Crippen MR) is 124 cm³/mol. The van der Waals surface area contributed by atoms with E-state index in [9.17, 15) is 4.79 Å². The third-order valence-electron chi connectivity index (χ3n) is 4.66. The maximum absolute atomic E-state index is 11.0. The molecule has 154 valence electrons. The number of nitrogens with one attached hydrogen (secondary N) is 1. The van der Waals surface area contributed by atoms with Crippen molar-refractivity contribution in [3.8, 4) is 11.3 Å². The summed E-state index contributed by atoms with van der Waals surface area (Å²) < 4.78 is 0. The van der Waals surface area contributed by atoms with Gasteiger partial charge >= 0.3 is 5.97 Å². The van der Waals surface area contributed by atoms with E-state index in [1.807, 2.05) is 66.7 Å². The number of anilines is 1. The number of hydrogen-bond donors (Lipinski definition) is 2. The van der Waals surface area contributed by atoms with Gasteiger partial charge in [0.25, 0.3) is 0 Å². The lowest BCUT2D eigenvalue weighted by atomic mass is 10.1. The van der Waals surface area contributed by atoms with Crippen LogP contribution in [0.3, 0.4) is 0 Å². The number of carboxylic acids is 1. The maximum Gasteiger partial charge on any atom is 0.335 e. The molecular weight excluding hydrogens is 406 g/mol. The van der Waals surface area contributed by atoms with Crippen LogP contribution in [-0.4, -0.2) is 21.0 Å². The monoisotopic (exact) mass is 427 g/mol. The highest BCUT2D eigenvalue weighted by molar-refractivity contribution is 7.98. The van der Waals surface area contributed by atoms with Crippen LogP contribution in [0.1, 0.15) is 21.5 Å². The number of thioether (sulfide) groups is 1. The van der Waals surface area contributed by atoms with Crippen LogP contribution in [0.15, 0.2) is 96.2 Å². The Morgan fingerprint density at radius 3 is 2.19 bits per heavy atom. The van der Waals surface area contributed by atoms with Crippen LogP contribution in [0.5, 0.6) is 0 Å². The molecule has 1 aromatic heterocycles. The van der Waals surface area contributed by atoms with Crippen molar-refractivity contribution in [3.63, 3.8) is 0 Å². The lowest BCUT2D eigenvalue weighted by molar-refractivity contribution is 0.0697. The van der Waals surface area contributed by atoms with Crippen LogP contribution >= 0.6 is 11.8 Å². The van der Waals surface area contributed by atoms with Gasteiger partial charge in [0.1, 0.15) is 5.82 Å². The summed E-state index contributed by atoms with van der Waals surface area (Å²) in [6.07, 6.45) is 0. The Morgan fingerprint density at radius 2 is 1.52 bits per heavy atom. The molecule has 0 aliphatic carbocycles. The summed E-state index contributed by atoms with van der Waals surface area (Å²) >= 11 is 1.52. The van der Waals surface area contributed by atoms with E-state index in [1.54, 1.807) is 12.1 Å². The molecule has 31 heavy (non-hydrogen) atoms. The van der Waals surface area contributed by atoms with Crippen molar-refractivity contribution in [1.29, 1.82) is 0 Å². The molecule has 4 rings (SSSR count). The number of hydrogen-bond acceptors (Lipinski definition) is 5. The molecule has 0 aliphatic heterocycles. The first-order valence-electron chi connectivity index (χ1n) is 9.85. The highest BCUT2D eigenvalue weighted by Crippen LogP contribution is 2.26. The molecule has 5 nitrogen and oxygen atoms in total. The normalized spacial score (nSPS) is 10.6. The number of carboxylic acid groups (broad SMARTS) is 1. The van der Waals surface area contributed by atoms with E-state index in [0.717, 1.165) is 22.6 Å². The van der Waals surface area contributed by atoms with Crippen molar-refractivity contribution >= 4 is 23.5 Å². The van der Waals surface area contributed by atoms with Gasteiger partial charge in [-0.3, -0.25) is 0 Å². The Kier molecular flexibility index (Phi) is 6.59. The van der Waals surface area contributed by atoms with Gasteiger partial charge in [-0.2, -0.15) is 0 Å². The van der Waals surface area contributed by atoms with Crippen molar-refractivity contribution in [2.75, 3.05) is 5.32 Å². The first-order chi connectivity index (χ1) is 15.2. The third-order valence-corrected chi connectivity index (χ3v) is 5.58. The fourth-order valence-electron chi connectivity index (χ4n) is 3.02. The number of benzene rings is 3. The number of aromatic nitrogens is 2. The zero-order valence-electron chi connectivity index (χ0n) is 16.7. The second-order valence-electron chi connectivity index (χ2n) is 6.92. The molecule has 0 amide bonds. The summed E-state index contributed by atoms with van der Waals surface area (Å²) in [6, 6.07) is 29.1. The summed E-state index contributed by atoms with van der Waals surface area (Å²) in [6.45, 7) is 0.673. The number of nitrogens with zero attached hydrogens (tertiary/aromatic N) is 2. The lowest BCUT2D eigenvalue weighted by Crippen LogP contribution is -2.03. The Balaban J connectivity index is 1.54. The van der Waals surface area contributed by atoms with Crippen LogP contribution in [0.25, 0.3) is 11.3 Å². The van der Waals surface area contributed by atoms with Crippen molar-refractivity contribution in [3.05, 3.63) is 108 Å². The molecular formula is C25H21N3O2S. The highest BCUT2D eigenvalue weighted by atomic mass is 32.2. The first kappa shape index (κ1) is 20.6. The first-order valence-corrected chi connectivity index (χ1v) is 10.8. The molecule has 0 fully saturated rings. The van der Waals surface area contributed by atoms with Gasteiger partial charge in [0.05, 0.1) is 11.3 Å². The molecule has 0 radical (unpaired) electrons. The van der Waals surface area contributed by atoms with Gasteiger partial charge in [-0.25, -0.2) is 14.8 Å². The zero-order valence-corrected chi connectivity index (χ0v) is 17.5. The van der Waals surface area contributed by atoms with Gasteiger partial charge in [-0.05, 0) is 23.3 Å². The van der Waals surface area contributed by atoms with E-state index in [0.29, 0.717) is 17.5 Å². The van der Waals surface area contributed by atoms with Crippen LogP contribution < -0.4 is 5.32 Å². The molecule has 0 saturated heterocycles. The second-order valence-corrected chi connectivity index (χ2v) is 7.86. The van der Waals surface area contributed by atoms with Gasteiger partial charge in [-0.15, -0.1) is 0 Å². The van der Waals surface area contributed by atoms with Gasteiger partial charge in [0.2, 0.25) is 0 Å². The van der Waals surface area contributed by atoms with Crippen molar-refractivity contribution < 1.29 is 9.90 Å². The van der Waals surface area contributed by atoms with Crippen LogP contribution in [0.2, 0.25) is 0 Å². The molecule has 0 saturated carbocycles. The van der Waals surface area contributed by atoms with Crippen molar-refractivity contribution in [2.45, 2.75) is 17.5 Å². The molecule has 0 bridgehead atoms. The minimum Gasteiger partial charge on any atom is -0.478 e. The second kappa shape index (κ2) is 9.91. The fourth-order valence-corrected chi connectivity index (χ4v) is 3.83. The largest absolute Gasteiger partial charge is 0.478 e. The van der Waals surface area contributed by atoms with E-state index in [4.69, 9.17) is 10.1 Å². The quantitative estimate of drug-likeness (QED) is 0.276. The van der Waals surface area contributed by atoms with E-state index in [1.165, 1.54) is 17.3 Å². The van der Waals surface area contributed by atoms with E-state index in [2.05, 4.69) is 22.4 Å². The van der Waals surface area contributed by atoms with Crippen LogP contribution in [-0.2, 0) is 12.3 Å². The summed E-state index contributed by atoms with van der Waals surface area (Å²) in [5.41, 5.74) is 4.36. The minimum absolute atomic E-state index is 0.281. The molecule has 0 spiro atoms. The predicted octanol–water partition coefficient (Wildman–Crippen LogP) is 5.75. The fraction of sp³-hybridized carbons (Fsp3) is 0.0800. The Bertz CT molecular complexity index is 1150. The molecule has 3 aromatic carbocycles. The molecule has 2 N–H and O–H groups in total. The Hall–Kier alpha value is -3.64. The van der Waals surface area contributed by atoms with Crippen LogP contribution in [0, 0.1) is 0 Å². The Labute approximate surface area is 185 Å². The van der Waals surface area contributed by atoms with Gasteiger partial charge < -0.3 is 10.4 Å². The van der Waals surface area contributed by atoms with Crippen molar-refractivity contribution in [2.24, 2.45) is 0 Å². The average Bonchev–Trinajstić information content (AvgIpc) is 2.83. The van der Waals surface area contributed by atoms with E-state index >= 15 is 0 Å². The average molecular weight is 428 g/mol. The number of aromatic carboxylic acids is 1. The molecule has 0 atom stereocenters. The number of carbonyl (C=O) groups is 1. The SMILES string of the molecule is O=C(O)c1ccc(CSc2nc(NCc3ccccc3)cc(-c3ccccc3)n2)cc1. The van der Waals surface area contributed by atoms with Crippen molar-refractivity contribution in [1.82, 2.24) is 9.97 Å². The van der Waals surface area contributed by atoms with Gasteiger partial charge in [0.15, 0.2) is 5.16 Å². The highest BCUT2D eigenvalue weighted by Gasteiger charge is 2.09. The molecule has 0 aliphatic rings. The van der Waals surface area contributed by atoms with Gasteiger partial charge in [0, 0.05) is 23.9 Å². The van der Waals surface area contributed by atoms with E-state index < -0.39 is 5.97 Å². The molecule has 1 heterocycles. The smallest absolute Gasteiger partial charge is 0.335 e. The summed E-state index contributed by atoms with van der Waals surface area (Å²) in [5.74, 6) is 0.490. The summed E-state index contributed by atoms with van der Waals surface area (Å²) in [5, 5.41) is 13.1. The summed E-state index contributed by atoms with van der Waals surface area (Å²) in [4.78, 5) is 20.5. The zero-order chi connectivity index (χ0) is 21.5. The Morgan fingerprint density at radius 1 is 0.839 bits per heavy atom.